The second-order valence-electron chi connectivity index (χ2n) is 4.77. The highest BCUT2D eigenvalue weighted by molar-refractivity contribution is 5.75. The van der Waals surface area contributed by atoms with Gasteiger partial charge < -0.3 is 16.8 Å². The lowest BCUT2D eigenvalue weighted by Crippen LogP contribution is -2.41. The number of nitrogens with one attached hydrogen (secondary N) is 1. The highest BCUT2D eigenvalue weighted by Gasteiger charge is 2.17. The average molecular weight is 283 g/mol. The van der Waals surface area contributed by atoms with Gasteiger partial charge in [0.15, 0.2) is 0 Å². The molecule has 0 fully saturated rings. The molecule has 1 atom stereocenters. The van der Waals surface area contributed by atoms with Crippen LogP contribution in [0.15, 0.2) is 9.59 Å². The zero-order valence-corrected chi connectivity index (χ0v) is 12.0. The monoisotopic (exact) mass is 283 g/mol. The van der Waals surface area contributed by atoms with E-state index in [1.807, 2.05) is 6.92 Å². The first-order valence-electron chi connectivity index (χ1n) is 6.43. The Hall–Kier alpha value is -2.25. The van der Waals surface area contributed by atoms with Gasteiger partial charge in [-0.2, -0.15) is 0 Å². The molecule has 0 saturated heterocycles. The number of carbonyl (C=O) groups excluding carboxylic acids is 1. The number of nitrogen functional groups attached to an aromatic ring is 1. The normalized spacial score (nSPS) is 12.2. The minimum Gasteiger partial charge on any atom is -0.383 e. The predicted molar refractivity (Wildman–Crippen MR) is 77.5 cm³/mol. The van der Waals surface area contributed by atoms with E-state index in [-0.39, 0.29) is 24.0 Å². The summed E-state index contributed by atoms with van der Waals surface area (Å²) in [4.78, 5) is 34.9. The largest absolute Gasteiger partial charge is 0.383 e. The third-order valence-corrected chi connectivity index (χ3v) is 2.93. The van der Waals surface area contributed by atoms with E-state index in [1.165, 1.54) is 11.6 Å². The number of hydrogen-bond acceptors (Lipinski definition) is 5. The molecule has 1 aromatic rings. The van der Waals surface area contributed by atoms with Crippen LogP contribution in [0.5, 0.6) is 0 Å². The van der Waals surface area contributed by atoms with Crippen molar-refractivity contribution in [2.24, 2.45) is 12.8 Å². The number of nitrogens with two attached hydrogens (primary N) is 2. The first-order valence-corrected chi connectivity index (χ1v) is 6.43. The number of nitrogens with zero attached hydrogens (tertiary/aromatic N) is 2. The molecule has 1 rings (SSSR count). The minimum atomic E-state index is -0.517. The minimum absolute atomic E-state index is 0.0650. The Morgan fingerprint density at radius 1 is 1.40 bits per heavy atom. The second-order valence-corrected chi connectivity index (χ2v) is 4.77. The molecule has 1 unspecified atom stereocenters. The van der Waals surface area contributed by atoms with Crippen LogP contribution in [0.3, 0.4) is 0 Å². The molecule has 8 heteroatoms. The first kappa shape index (κ1) is 15.8. The highest BCUT2D eigenvalue weighted by atomic mass is 16.2. The maximum absolute atomic E-state index is 12.1. The van der Waals surface area contributed by atoms with E-state index in [1.54, 1.807) is 6.92 Å². The zero-order chi connectivity index (χ0) is 15.4. The zero-order valence-electron chi connectivity index (χ0n) is 12.0. The van der Waals surface area contributed by atoms with Crippen LogP contribution in [0.4, 0.5) is 11.5 Å². The topological polar surface area (TPSA) is 125 Å². The van der Waals surface area contributed by atoms with Crippen molar-refractivity contribution in [2.45, 2.75) is 39.3 Å². The molecular formula is C12H21N5O3. The van der Waals surface area contributed by atoms with Gasteiger partial charge in [-0.05, 0) is 13.3 Å². The van der Waals surface area contributed by atoms with Gasteiger partial charge in [0, 0.05) is 26.1 Å². The Morgan fingerprint density at radius 3 is 2.50 bits per heavy atom. The molecule has 5 N–H and O–H groups in total. The summed E-state index contributed by atoms with van der Waals surface area (Å²) >= 11 is 0. The number of carbonyl (C=O) groups is 1. The fourth-order valence-electron chi connectivity index (χ4n) is 1.96. The van der Waals surface area contributed by atoms with Crippen LogP contribution in [-0.2, 0) is 18.4 Å². The third-order valence-electron chi connectivity index (χ3n) is 2.93. The summed E-state index contributed by atoms with van der Waals surface area (Å²) < 4.78 is 2.33. The van der Waals surface area contributed by atoms with E-state index in [9.17, 15) is 14.4 Å². The van der Waals surface area contributed by atoms with Crippen LogP contribution >= 0.6 is 0 Å². The molecule has 0 bridgehead atoms. The maximum Gasteiger partial charge on any atom is 0.332 e. The summed E-state index contributed by atoms with van der Waals surface area (Å²) in [5, 5.41) is 2.86. The Morgan fingerprint density at radius 2 is 2.00 bits per heavy atom. The maximum atomic E-state index is 12.1. The molecule has 1 heterocycles. The molecule has 0 aromatic carbocycles. The number of anilines is 2. The van der Waals surface area contributed by atoms with E-state index >= 15 is 0 Å². The fraction of sp³-hybridized carbons (Fsp3) is 0.583. The van der Waals surface area contributed by atoms with Gasteiger partial charge in [-0.1, -0.05) is 6.92 Å². The number of primary amides is 1. The van der Waals surface area contributed by atoms with Crippen LogP contribution in [0.2, 0.25) is 0 Å². The molecule has 8 nitrogen and oxygen atoms in total. The fourth-order valence-corrected chi connectivity index (χ4v) is 1.96. The van der Waals surface area contributed by atoms with Crippen molar-refractivity contribution < 1.29 is 4.79 Å². The smallest absolute Gasteiger partial charge is 0.332 e. The quantitative estimate of drug-likeness (QED) is 0.631. The molecule has 0 aliphatic rings. The van der Waals surface area contributed by atoms with Crippen molar-refractivity contribution in [3.05, 3.63) is 20.8 Å². The van der Waals surface area contributed by atoms with E-state index < -0.39 is 17.2 Å². The lowest BCUT2D eigenvalue weighted by Gasteiger charge is -2.18. The summed E-state index contributed by atoms with van der Waals surface area (Å²) in [6.07, 6.45) is 0.772. The van der Waals surface area contributed by atoms with Crippen LogP contribution in [0.1, 0.15) is 26.7 Å². The lowest BCUT2D eigenvalue weighted by molar-refractivity contribution is -0.118. The van der Waals surface area contributed by atoms with Gasteiger partial charge in [-0.15, -0.1) is 0 Å². The highest BCUT2D eigenvalue weighted by Crippen LogP contribution is 2.13. The molecule has 20 heavy (non-hydrogen) atoms. The molecule has 0 aliphatic heterocycles. The Labute approximate surface area is 116 Å². The van der Waals surface area contributed by atoms with E-state index in [0.717, 1.165) is 4.57 Å². The van der Waals surface area contributed by atoms with E-state index in [0.29, 0.717) is 13.0 Å². The number of amides is 1. The van der Waals surface area contributed by atoms with Crippen molar-refractivity contribution in [3.8, 4) is 0 Å². The third kappa shape index (κ3) is 3.19. The number of aromatic nitrogens is 2. The molecule has 1 amide bonds. The number of rotatable bonds is 6. The molecular weight excluding hydrogens is 262 g/mol. The van der Waals surface area contributed by atoms with Gasteiger partial charge in [0.2, 0.25) is 5.91 Å². The summed E-state index contributed by atoms with van der Waals surface area (Å²) in [5.41, 5.74) is 10.1. The predicted octanol–water partition coefficient (Wildman–Crippen LogP) is -0.785. The lowest BCUT2D eigenvalue weighted by atomic mass is 10.2. The molecule has 0 aliphatic carbocycles. The van der Waals surface area contributed by atoms with E-state index in [2.05, 4.69) is 5.32 Å². The van der Waals surface area contributed by atoms with Gasteiger partial charge in [0.25, 0.3) is 5.56 Å². The molecule has 0 radical (unpaired) electrons. The van der Waals surface area contributed by atoms with E-state index in [4.69, 9.17) is 11.5 Å². The molecule has 1 aromatic heterocycles. The second kappa shape index (κ2) is 6.27. The van der Waals surface area contributed by atoms with Crippen LogP contribution < -0.4 is 28.0 Å². The van der Waals surface area contributed by atoms with Crippen LogP contribution in [0, 0.1) is 0 Å². The van der Waals surface area contributed by atoms with Crippen molar-refractivity contribution in [2.75, 3.05) is 11.1 Å². The summed E-state index contributed by atoms with van der Waals surface area (Å²) in [6, 6.07) is -0.352. The van der Waals surface area contributed by atoms with Gasteiger partial charge in [0.05, 0.1) is 0 Å². The summed E-state index contributed by atoms with van der Waals surface area (Å²) in [5.74, 6) is -0.404. The van der Waals surface area contributed by atoms with Gasteiger partial charge in [0.1, 0.15) is 11.5 Å². The standard InChI is InChI=1S/C12H21N5O3/c1-4-5-17-10(14)9(11(19)16(3)12(17)20)15-7(2)6-8(13)18/h7,15H,4-6,14H2,1-3H3,(H2,13,18). The van der Waals surface area contributed by atoms with Crippen LogP contribution in [0.25, 0.3) is 0 Å². The summed E-state index contributed by atoms with van der Waals surface area (Å²) in [6.45, 7) is 4.02. The van der Waals surface area contributed by atoms with Gasteiger partial charge in [-0.3, -0.25) is 18.7 Å². The molecule has 112 valence electrons. The average Bonchev–Trinajstić information content (AvgIpc) is 2.36. The Kier molecular flexibility index (Phi) is 4.95. The molecule has 0 saturated carbocycles. The Balaban J connectivity index is 3.29. The van der Waals surface area contributed by atoms with Gasteiger partial charge >= 0.3 is 5.69 Å². The van der Waals surface area contributed by atoms with Crippen LogP contribution in [-0.4, -0.2) is 21.1 Å². The molecule has 0 spiro atoms. The van der Waals surface area contributed by atoms with Crippen molar-refractivity contribution in [3.63, 3.8) is 0 Å². The number of hydrogen-bond donors (Lipinski definition) is 3. The first-order chi connectivity index (χ1) is 9.29. The SMILES string of the molecule is CCCn1c(N)c(NC(C)CC(N)=O)c(=O)n(C)c1=O. The van der Waals surface area contributed by atoms with Crippen molar-refractivity contribution in [1.29, 1.82) is 0 Å². The summed E-state index contributed by atoms with van der Waals surface area (Å²) in [7, 11) is 1.39. The van der Waals surface area contributed by atoms with Crippen molar-refractivity contribution >= 4 is 17.4 Å². The van der Waals surface area contributed by atoms with Crippen molar-refractivity contribution in [1.82, 2.24) is 9.13 Å². The Bertz CT molecular complexity index is 617. The van der Waals surface area contributed by atoms with Gasteiger partial charge in [-0.25, -0.2) is 4.79 Å².